The number of fused-ring (bicyclic) bond motifs is 1. The molecule has 3 rings (SSSR count). The highest BCUT2D eigenvalue weighted by atomic mass is 35.5. The van der Waals surface area contributed by atoms with Gasteiger partial charge in [-0.3, -0.25) is 14.2 Å². The molecule has 1 amide bonds. The molecule has 1 N–H and O–H groups in total. The minimum Gasteiger partial charge on any atom is -0.481 e. The van der Waals surface area contributed by atoms with Gasteiger partial charge in [0.25, 0.3) is 5.91 Å². The highest BCUT2D eigenvalue weighted by molar-refractivity contribution is 7.16. The van der Waals surface area contributed by atoms with Gasteiger partial charge in [-0.2, -0.15) is 0 Å². The van der Waals surface area contributed by atoms with E-state index in [2.05, 4.69) is 5.32 Å². The van der Waals surface area contributed by atoms with Crippen molar-refractivity contribution in [2.75, 3.05) is 5.32 Å². The number of aryl methyl sites for hydroxylation is 3. The SMILES string of the molecule is CCn1c(=O)sc2cc(NC(=O)[C@@H](C)Oc3cc(C)c(Cl)c(C)c3)ccc21. The highest BCUT2D eigenvalue weighted by Crippen LogP contribution is 2.27. The molecule has 0 radical (unpaired) electrons. The predicted molar refractivity (Wildman–Crippen MR) is 111 cm³/mol. The van der Waals surface area contributed by atoms with Crippen LogP contribution < -0.4 is 14.9 Å². The van der Waals surface area contributed by atoms with Crippen LogP contribution in [0.4, 0.5) is 5.69 Å². The van der Waals surface area contributed by atoms with Crippen LogP contribution in [0, 0.1) is 13.8 Å². The Hall–Kier alpha value is -2.31. The number of hydrogen-bond acceptors (Lipinski definition) is 4. The van der Waals surface area contributed by atoms with E-state index in [1.165, 1.54) is 11.3 Å². The number of carbonyl (C=O) groups is 1. The summed E-state index contributed by atoms with van der Waals surface area (Å²) in [6.45, 7) is 8.04. The van der Waals surface area contributed by atoms with Crippen molar-refractivity contribution in [3.8, 4) is 5.75 Å². The van der Waals surface area contributed by atoms with Gasteiger partial charge in [0.15, 0.2) is 6.10 Å². The molecule has 3 aromatic rings. The maximum Gasteiger partial charge on any atom is 0.308 e. The highest BCUT2D eigenvalue weighted by Gasteiger charge is 2.17. The third-order valence-corrected chi connectivity index (χ3v) is 5.88. The largest absolute Gasteiger partial charge is 0.481 e. The molecule has 0 saturated carbocycles. The summed E-state index contributed by atoms with van der Waals surface area (Å²) in [6.07, 6.45) is -0.681. The molecule has 0 aliphatic carbocycles. The van der Waals surface area contributed by atoms with Gasteiger partial charge < -0.3 is 10.1 Å². The molecular weight excluding hydrogens is 384 g/mol. The minimum atomic E-state index is -0.681. The van der Waals surface area contributed by atoms with Crippen LogP contribution in [0.2, 0.25) is 5.02 Å². The lowest BCUT2D eigenvalue weighted by Crippen LogP contribution is -2.30. The zero-order chi connectivity index (χ0) is 19.7. The predicted octanol–water partition coefficient (Wildman–Crippen LogP) is 4.76. The number of carbonyl (C=O) groups excluding carboxylic acids is 1. The number of thiazole rings is 1. The second-order valence-corrected chi connectivity index (χ2v) is 7.79. The molecule has 1 atom stereocenters. The number of hydrogen-bond donors (Lipinski definition) is 1. The molecule has 0 aliphatic heterocycles. The Labute approximate surface area is 166 Å². The number of nitrogens with zero attached hydrogens (tertiary/aromatic N) is 1. The summed E-state index contributed by atoms with van der Waals surface area (Å²) in [5.74, 6) is 0.340. The van der Waals surface area contributed by atoms with Gasteiger partial charge in [-0.05, 0) is 69.2 Å². The van der Waals surface area contributed by atoms with Crippen molar-refractivity contribution >= 4 is 44.7 Å². The van der Waals surface area contributed by atoms with Gasteiger partial charge in [-0.25, -0.2) is 0 Å². The van der Waals surface area contributed by atoms with Crippen LogP contribution in [0.3, 0.4) is 0 Å². The Morgan fingerprint density at radius 2 is 1.93 bits per heavy atom. The smallest absolute Gasteiger partial charge is 0.308 e. The lowest BCUT2D eigenvalue weighted by Gasteiger charge is -2.16. The molecule has 0 aliphatic rings. The number of halogens is 1. The minimum absolute atomic E-state index is 0.00107. The van der Waals surface area contributed by atoms with E-state index in [9.17, 15) is 9.59 Å². The molecule has 1 heterocycles. The first-order valence-corrected chi connectivity index (χ1v) is 9.87. The standard InChI is InChI=1S/C20H21ClN2O3S/c1-5-23-16-7-6-14(10-17(16)27-20(23)25)22-19(24)13(4)26-15-8-11(2)18(21)12(3)9-15/h6-10,13H,5H2,1-4H3,(H,22,24)/t13-/m1/s1. The third-order valence-electron chi connectivity index (χ3n) is 4.34. The third kappa shape index (κ3) is 4.01. The molecule has 0 saturated heterocycles. The van der Waals surface area contributed by atoms with Gasteiger partial charge in [0, 0.05) is 17.3 Å². The van der Waals surface area contributed by atoms with Crippen molar-refractivity contribution in [3.63, 3.8) is 0 Å². The number of amides is 1. The molecule has 5 nitrogen and oxygen atoms in total. The summed E-state index contributed by atoms with van der Waals surface area (Å²) < 4.78 is 8.33. The van der Waals surface area contributed by atoms with Crippen LogP contribution in [0.15, 0.2) is 35.1 Å². The Balaban J connectivity index is 1.74. The van der Waals surface area contributed by atoms with Gasteiger partial charge in [0.1, 0.15) is 5.75 Å². The lowest BCUT2D eigenvalue weighted by molar-refractivity contribution is -0.122. The van der Waals surface area contributed by atoms with Gasteiger partial charge in [0.05, 0.1) is 10.2 Å². The number of anilines is 1. The average molecular weight is 405 g/mol. The van der Waals surface area contributed by atoms with Crippen molar-refractivity contribution < 1.29 is 9.53 Å². The second kappa shape index (κ2) is 7.74. The van der Waals surface area contributed by atoms with E-state index in [0.717, 1.165) is 21.3 Å². The molecule has 27 heavy (non-hydrogen) atoms. The van der Waals surface area contributed by atoms with Crippen molar-refractivity contribution in [2.24, 2.45) is 0 Å². The summed E-state index contributed by atoms with van der Waals surface area (Å²) in [5, 5.41) is 3.55. The van der Waals surface area contributed by atoms with Crippen molar-refractivity contribution in [1.29, 1.82) is 0 Å². The first kappa shape index (κ1) is 19.5. The Kier molecular flexibility index (Phi) is 5.58. The maximum atomic E-state index is 12.5. The lowest BCUT2D eigenvalue weighted by atomic mass is 10.1. The van der Waals surface area contributed by atoms with Crippen molar-refractivity contribution in [3.05, 3.63) is 56.1 Å². The Morgan fingerprint density at radius 3 is 2.56 bits per heavy atom. The maximum absolute atomic E-state index is 12.5. The molecule has 2 aromatic carbocycles. The number of rotatable bonds is 5. The summed E-state index contributed by atoms with van der Waals surface area (Å²) in [6, 6.07) is 9.09. The van der Waals surface area contributed by atoms with Crippen LogP contribution in [-0.2, 0) is 11.3 Å². The van der Waals surface area contributed by atoms with E-state index in [-0.39, 0.29) is 10.8 Å². The fourth-order valence-corrected chi connectivity index (χ4v) is 4.02. The second-order valence-electron chi connectivity index (χ2n) is 6.42. The molecular formula is C20H21ClN2O3S. The van der Waals surface area contributed by atoms with Crippen LogP contribution in [0.25, 0.3) is 10.2 Å². The number of nitrogens with one attached hydrogen (secondary N) is 1. The molecule has 142 valence electrons. The molecule has 0 fully saturated rings. The van der Waals surface area contributed by atoms with Crippen molar-refractivity contribution in [1.82, 2.24) is 4.57 Å². The topological polar surface area (TPSA) is 60.3 Å². The zero-order valence-electron chi connectivity index (χ0n) is 15.6. The normalized spacial score (nSPS) is 12.2. The van der Waals surface area contributed by atoms with Gasteiger partial charge in [-0.15, -0.1) is 0 Å². The molecule has 0 bridgehead atoms. The monoisotopic (exact) mass is 404 g/mol. The summed E-state index contributed by atoms with van der Waals surface area (Å²) in [5.41, 5.74) is 3.32. The van der Waals surface area contributed by atoms with Gasteiger partial charge in [-0.1, -0.05) is 22.9 Å². The summed E-state index contributed by atoms with van der Waals surface area (Å²) >= 11 is 7.34. The van der Waals surface area contributed by atoms with Gasteiger partial charge in [0.2, 0.25) is 0 Å². The quantitative estimate of drug-likeness (QED) is 0.666. The van der Waals surface area contributed by atoms with Crippen LogP contribution in [0.1, 0.15) is 25.0 Å². The molecule has 1 aromatic heterocycles. The zero-order valence-corrected chi connectivity index (χ0v) is 17.2. The van der Waals surface area contributed by atoms with E-state index in [1.807, 2.05) is 45.0 Å². The number of ether oxygens (including phenoxy) is 1. The number of benzene rings is 2. The summed E-state index contributed by atoms with van der Waals surface area (Å²) in [7, 11) is 0. The average Bonchev–Trinajstić information content (AvgIpc) is 2.93. The van der Waals surface area contributed by atoms with E-state index < -0.39 is 6.10 Å². The van der Waals surface area contributed by atoms with E-state index in [1.54, 1.807) is 17.6 Å². The van der Waals surface area contributed by atoms with Crippen LogP contribution >= 0.6 is 22.9 Å². The molecule has 0 spiro atoms. The van der Waals surface area contributed by atoms with Crippen molar-refractivity contribution in [2.45, 2.75) is 40.3 Å². The van der Waals surface area contributed by atoms with E-state index in [4.69, 9.17) is 16.3 Å². The molecule has 0 unspecified atom stereocenters. The van der Waals surface area contributed by atoms with Crippen LogP contribution in [-0.4, -0.2) is 16.6 Å². The van der Waals surface area contributed by atoms with Gasteiger partial charge >= 0.3 is 4.87 Å². The number of aromatic nitrogens is 1. The Morgan fingerprint density at radius 1 is 1.26 bits per heavy atom. The Bertz CT molecular complexity index is 1050. The van der Waals surface area contributed by atoms with E-state index in [0.29, 0.717) is 23.0 Å². The van der Waals surface area contributed by atoms with E-state index >= 15 is 0 Å². The fraction of sp³-hybridized carbons (Fsp3) is 0.300. The fourth-order valence-electron chi connectivity index (χ4n) is 2.92. The van der Waals surface area contributed by atoms with Crippen LogP contribution in [0.5, 0.6) is 5.75 Å². The first-order valence-electron chi connectivity index (χ1n) is 8.67. The summed E-state index contributed by atoms with van der Waals surface area (Å²) in [4.78, 5) is 24.5. The first-order chi connectivity index (χ1) is 12.8. The molecule has 7 heteroatoms.